The standard InChI is InChI=1S/C80H103N/c1-5-57-22-16-32-65(33-17-23-57)75-54-68(55-76(66-34-18-24-58(6-2)25-19-35-66)79(75)67-36-20-26-59(7-3)27-21-37-67)64-44-50-71(51-45-64)81(70-48-42-63(43-49-70)61-30-12-9-13-31-61)72-52-53-74-73-38-14-15-39-77(73)80(4,78(74)56-72)69-46-40-62(41-47-69)60-28-10-8-11-29-60/h14-15,38-61,65-67H,5-13,16-37H2,1-4H3. The van der Waals surface area contributed by atoms with Crippen LogP contribution in [0.25, 0.3) is 22.3 Å². The lowest BCUT2D eigenvalue weighted by Crippen LogP contribution is -2.23. The van der Waals surface area contributed by atoms with Crippen LogP contribution in [0.2, 0.25) is 0 Å². The van der Waals surface area contributed by atoms with Crippen LogP contribution < -0.4 is 4.90 Å². The Morgan fingerprint density at radius 2 is 0.753 bits per heavy atom. The van der Waals surface area contributed by atoms with Gasteiger partial charge < -0.3 is 4.90 Å². The Morgan fingerprint density at radius 3 is 1.23 bits per heavy atom. The molecule has 0 spiro atoms. The minimum Gasteiger partial charge on any atom is -0.310 e. The first-order valence-corrected chi connectivity index (χ1v) is 34.4. The minimum absolute atomic E-state index is 0.273. The van der Waals surface area contributed by atoms with Gasteiger partial charge in [0.15, 0.2) is 0 Å². The number of fused-ring (bicyclic) bond motifs is 3. The van der Waals surface area contributed by atoms with E-state index < -0.39 is 0 Å². The van der Waals surface area contributed by atoms with Crippen LogP contribution in [0.3, 0.4) is 0 Å². The molecule has 0 aliphatic heterocycles. The SMILES string of the molecule is CCC1CCCC(c2cc(-c3ccc(N(c4ccc(C5CCCCC5)cc4)c4ccc5c(c4)C(C)(c4ccc(C6CCCCC6)cc4)c4ccccc4-5)cc3)cc(C3CCCC(CC)CCC3)c2C2CCCC(CC)CCC2)CCC1. The molecular weight excluding hydrogens is 975 g/mol. The van der Waals surface area contributed by atoms with Crippen molar-refractivity contribution in [1.29, 1.82) is 0 Å². The Hall–Kier alpha value is -4.88. The highest BCUT2D eigenvalue weighted by Crippen LogP contribution is 2.55. The van der Waals surface area contributed by atoms with E-state index in [0.29, 0.717) is 29.6 Å². The summed E-state index contributed by atoms with van der Waals surface area (Å²) in [4.78, 5) is 2.60. The van der Waals surface area contributed by atoms with Gasteiger partial charge in [-0.25, -0.2) is 0 Å². The number of nitrogens with zero attached hydrogens (tertiary/aromatic N) is 1. The molecule has 12 rings (SSSR count). The highest BCUT2D eigenvalue weighted by Gasteiger charge is 2.41. The van der Waals surface area contributed by atoms with E-state index in [-0.39, 0.29) is 5.41 Å². The van der Waals surface area contributed by atoms with Gasteiger partial charge in [-0.05, 0) is 222 Å². The molecular formula is C80H103N. The lowest BCUT2D eigenvalue weighted by atomic mass is 9.70. The molecule has 0 bridgehead atoms. The number of rotatable bonds is 13. The Balaban J connectivity index is 0.956. The molecule has 6 aliphatic rings. The zero-order valence-electron chi connectivity index (χ0n) is 51.1. The van der Waals surface area contributed by atoms with Crippen molar-refractivity contribution in [3.63, 3.8) is 0 Å². The second-order valence-corrected chi connectivity index (χ2v) is 27.7. The van der Waals surface area contributed by atoms with E-state index >= 15 is 0 Å². The molecule has 0 radical (unpaired) electrons. The summed E-state index contributed by atoms with van der Waals surface area (Å²) in [5.41, 5.74) is 21.8. The van der Waals surface area contributed by atoms with Crippen LogP contribution in [-0.4, -0.2) is 0 Å². The maximum absolute atomic E-state index is 2.81. The molecule has 5 fully saturated rings. The van der Waals surface area contributed by atoms with Gasteiger partial charge in [0.1, 0.15) is 0 Å². The molecule has 1 nitrogen and oxygen atoms in total. The molecule has 0 saturated heterocycles. The van der Waals surface area contributed by atoms with Gasteiger partial charge in [-0.1, -0.05) is 247 Å². The highest BCUT2D eigenvalue weighted by molar-refractivity contribution is 5.87. The normalized spacial score (nSPS) is 26.2. The fourth-order valence-corrected chi connectivity index (χ4v) is 18.0. The van der Waals surface area contributed by atoms with Crippen LogP contribution in [0.4, 0.5) is 17.1 Å². The predicted octanol–water partition coefficient (Wildman–Crippen LogP) is 24.6. The van der Waals surface area contributed by atoms with Crippen LogP contribution in [0.1, 0.15) is 301 Å². The first-order chi connectivity index (χ1) is 39.9. The van der Waals surface area contributed by atoms with Crippen molar-refractivity contribution in [2.45, 2.75) is 262 Å². The molecule has 0 amide bonds. The third-order valence-corrected chi connectivity index (χ3v) is 23.1. The van der Waals surface area contributed by atoms with Crippen LogP contribution in [0.15, 0.2) is 127 Å². The lowest BCUT2D eigenvalue weighted by Gasteiger charge is -2.35. The second-order valence-electron chi connectivity index (χ2n) is 27.7. The fourth-order valence-electron chi connectivity index (χ4n) is 18.0. The molecule has 81 heavy (non-hydrogen) atoms. The zero-order chi connectivity index (χ0) is 55.1. The van der Waals surface area contributed by atoms with Gasteiger partial charge in [0.05, 0.1) is 0 Å². The number of benzene rings is 6. The molecule has 428 valence electrons. The van der Waals surface area contributed by atoms with Gasteiger partial charge in [-0.3, -0.25) is 0 Å². The molecule has 6 aromatic carbocycles. The van der Waals surface area contributed by atoms with Crippen molar-refractivity contribution >= 4 is 17.1 Å². The summed E-state index contributed by atoms with van der Waals surface area (Å²) in [6, 6.07) is 52.2. The van der Waals surface area contributed by atoms with Crippen molar-refractivity contribution in [2.24, 2.45) is 17.8 Å². The third-order valence-electron chi connectivity index (χ3n) is 23.1. The Kier molecular flexibility index (Phi) is 18.4. The summed E-state index contributed by atoms with van der Waals surface area (Å²) in [7, 11) is 0. The van der Waals surface area contributed by atoms with Gasteiger partial charge in [0.25, 0.3) is 0 Å². The largest absolute Gasteiger partial charge is 0.310 e. The summed E-state index contributed by atoms with van der Waals surface area (Å²) in [6.07, 6.45) is 42.7. The van der Waals surface area contributed by atoms with E-state index in [2.05, 4.69) is 160 Å². The van der Waals surface area contributed by atoms with Crippen LogP contribution >= 0.6 is 0 Å². The summed E-state index contributed by atoms with van der Waals surface area (Å²) in [5, 5.41) is 0. The van der Waals surface area contributed by atoms with Crippen LogP contribution in [0, 0.1) is 17.8 Å². The third kappa shape index (κ3) is 12.2. The van der Waals surface area contributed by atoms with Gasteiger partial charge in [-0.2, -0.15) is 0 Å². The van der Waals surface area contributed by atoms with E-state index in [1.54, 1.807) is 11.1 Å². The first kappa shape index (κ1) is 56.6. The summed E-state index contributed by atoms with van der Waals surface area (Å²) in [6.45, 7) is 9.86. The zero-order valence-corrected chi connectivity index (χ0v) is 51.1. The average molecular weight is 1080 g/mol. The van der Waals surface area contributed by atoms with Crippen molar-refractivity contribution in [3.8, 4) is 22.3 Å². The molecule has 1 heteroatoms. The van der Waals surface area contributed by atoms with Crippen molar-refractivity contribution < 1.29 is 0 Å². The molecule has 0 aromatic heterocycles. The van der Waals surface area contributed by atoms with Crippen LogP contribution in [0.5, 0.6) is 0 Å². The van der Waals surface area contributed by atoms with Gasteiger partial charge in [0.2, 0.25) is 0 Å². The van der Waals surface area contributed by atoms with Gasteiger partial charge in [0, 0.05) is 22.5 Å². The van der Waals surface area contributed by atoms with Crippen molar-refractivity contribution in [2.75, 3.05) is 4.90 Å². The Morgan fingerprint density at radius 1 is 0.346 bits per heavy atom. The summed E-state index contributed by atoms with van der Waals surface area (Å²) < 4.78 is 0. The van der Waals surface area contributed by atoms with Gasteiger partial charge >= 0.3 is 0 Å². The number of anilines is 3. The van der Waals surface area contributed by atoms with Crippen LogP contribution in [-0.2, 0) is 5.41 Å². The molecule has 6 aliphatic carbocycles. The number of hydrogen-bond donors (Lipinski definition) is 0. The van der Waals surface area contributed by atoms with Crippen molar-refractivity contribution in [3.05, 3.63) is 172 Å². The minimum atomic E-state index is -0.273. The molecule has 5 saturated carbocycles. The molecule has 1 atom stereocenters. The topological polar surface area (TPSA) is 3.24 Å². The fraction of sp³-hybridized carbons (Fsp3) is 0.550. The van der Waals surface area contributed by atoms with E-state index in [0.717, 1.165) is 17.8 Å². The maximum atomic E-state index is 2.81. The summed E-state index contributed by atoms with van der Waals surface area (Å²) in [5.74, 6) is 6.18. The van der Waals surface area contributed by atoms with E-state index in [9.17, 15) is 0 Å². The highest BCUT2D eigenvalue weighted by atomic mass is 15.1. The smallest absolute Gasteiger partial charge is 0.0465 e. The van der Waals surface area contributed by atoms with Gasteiger partial charge in [-0.15, -0.1) is 0 Å². The van der Waals surface area contributed by atoms with E-state index in [1.165, 1.54) is 266 Å². The number of hydrogen-bond acceptors (Lipinski definition) is 1. The monoisotopic (exact) mass is 1080 g/mol. The second kappa shape index (κ2) is 26.4. The quantitative estimate of drug-likeness (QED) is 0.111. The molecule has 0 N–H and O–H groups in total. The molecule has 1 unspecified atom stereocenters. The van der Waals surface area contributed by atoms with E-state index in [4.69, 9.17) is 0 Å². The predicted molar refractivity (Wildman–Crippen MR) is 348 cm³/mol. The first-order valence-electron chi connectivity index (χ1n) is 34.4. The van der Waals surface area contributed by atoms with Crippen molar-refractivity contribution in [1.82, 2.24) is 0 Å². The Labute approximate surface area is 492 Å². The molecule has 0 heterocycles. The lowest BCUT2D eigenvalue weighted by molar-refractivity contribution is 0.334. The molecule has 6 aromatic rings. The average Bonchev–Trinajstić information content (AvgIpc) is 3.19. The Bertz CT molecular complexity index is 2880. The summed E-state index contributed by atoms with van der Waals surface area (Å²) >= 11 is 0. The maximum Gasteiger partial charge on any atom is 0.0465 e. The van der Waals surface area contributed by atoms with E-state index in [1.807, 2.05) is 5.56 Å².